The lowest BCUT2D eigenvalue weighted by atomic mass is 9.95. The van der Waals surface area contributed by atoms with Crippen molar-refractivity contribution >= 4 is 0 Å². The Balaban J connectivity index is 2.90. The molecule has 2 N–H and O–H groups in total. The number of nitrogens with two attached hydrogens (primary N) is 1. The predicted molar refractivity (Wildman–Crippen MR) is 48.1 cm³/mol. The smallest absolute Gasteiger partial charge is 0.0863 e. The Kier molecular flexibility index (Phi) is 2.84. The summed E-state index contributed by atoms with van der Waals surface area (Å²) in [5.74, 6) is -0.300. The molecule has 0 bridgehead atoms. The molecular formula is C10H11N2. The fraction of sp³-hybridized carbons (Fsp3) is 0.200. The minimum Gasteiger partial charge on any atom is -0.326 e. The molecule has 2 atom stereocenters. The van der Waals surface area contributed by atoms with Crippen molar-refractivity contribution in [2.24, 2.45) is 5.73 Å². The van der Waals surface area contributed by atoms with Crippen LogP contribution < -0.4 is 5.73 Å². The van der Waals surface area contributed by atoms with E-state index >= 15 is 0 Å². The van der Waals surface area contributed by atoms with Gasteiger partial charge in [0.1, 0.15) is 0 Å². The molecule has 1 aromatic carbocycles. The minimum absolute atomic E-state index is 0.300. The van der Waals surface area contributed by atoms with Crippen LogP contribution in [0.4, 0.5) is 0 Å². The van der Waals surface area contributed by atoms with Gasteiger partial charge >= 0.3 is 0 Å². The van der Waals surface area contributed by atoms with Crippen molar-refractivity contribution in [3.63, 3.8) is 0 Å². The monoisotopic (exact) mass is 159 g/mol. The Labute approximate surface area is 72.6 Å². The molecule has 0 aliphatic carbocycles. The molecule has 2 heteroatoms. The SMILES string of the molecule is [CH2]C(N)C(C#N)c1ccccc1. The molecule has 0 saturated carbocycles. The summed E-state index contributed by atoms with van der Waals surface area (Å²) in [6, 6.07) is 11.2. The maximum absolute atomic E-state index is 8.78. The Morgan fingerprint density at radius 2 is 1.92 bits per heavy atom. The van der Waals surface area contributed by atoms with Crippen LogP contribution in [0.25, 0.3) is 0 Å². The fourth-order valence-electron chi connectivity index (χ4n) is 1.08. The van der Waals surface area contributed by atoms with Crippen LogP contribution in [0.1, 0.15) is 11.5 Å². The molecule has 1 aromatic rings. The summed E-state index contributed by atoms with van der Waals surface area (Å²) in [7, 11) is 0. The van der Waals surface area contributed by atoms with Crippen LogP contribution in [0.15, 0.2) is 30.3 Å². The molecule has 0 fully saturated rings. The molecule has 0 amide bonds. The minimum atomic E-state index is -0.364. The molecule has 0 aliphatic rings. The highest BCUT2D eigenvalue weighted by molar-refractivity contribution is 5.26. The van der Waals surface area contributed by atoms with Crippen molar-refractivity contribution in [2.45, 2.75) is 12.0 Å². The van der Waals surface area contributed by atoms with Gasteiger partial charge in [-0.3, -0.25) is 0 Å². The molecule has 2 nitrogen and oxygen atoms in total. The number of nitriles is 1. The molecule has 1 rings (SSSR count). The van der Waals surface area contributed by atoms with E-state index in [1.165, 1.54) is 0 Å². The van der Waals surface area contributed by atoms with E-state index in [4.69, 9.17) is 11.0 Å². The van der Waals surface area contributed by atoms with Gasteiger partial charge in [-0.25, -0.2) is 0 Å². The highest BCUT2D eigenvalue weighted by Crippen LogP contribution is 2.16. The molecule has 61 valence electrons. The zero-order valence-electron chi connectivity index (χ0n) is 6.77. The van der Waals surface area contributed by atoms with Crippen molar-refractivity contribution in [3.05, 3.63) is 42.8 Å². The number of nitrogens with zero attached hydrogens (tertiary/aromatic N) is 1. The van der Waals surface area contributed by atoms with E-state index in [1.807, 2.05) is 30.3 Å². The first-order valence-corrected chi connectivity index (χ1v) is 3.79. The highest BCUT2D eigenvalue weighted by Gasteiger charge is 2.13. The maximum Gasteiger partial charge on any atom is 0.0863 e. The summed E-state index contributed by atoms with van der Waals surface area (Å²) in [6.45, 7) is 3.64. The normalized spacial score (nSPS) is 14.8. The molecule has 0 spiro atoms. The third kappa shape index (κ3) is 1.84. The van der Waals surface area contributed by atoms with Gasteiger partial charge in [0.25, 0.3) is 0 Å². The van der Waals surface area contributed by atoms with Crippen LogP contribution in [0.5, 0.6) is 0 Å². The first-order chi connectivity index (χ1) is 5.75. The molecule has 0 saturated heterocycles. The average Bonchev–Trinajstić information content (AvgIpc) is 2.07. The lowest BCUT2D eigenvalue weighted by molar-refractivity contribution is 0.728. The summed E-state index contributed by atoms with van der Waals surface area (Å²) in [5, 5.41) is 8.78. The molecule has 0 aromatic heterocycles. The number of benzene rings is 1. The first kappa shape index (κ1) is 8.76. The summed E-state index contributed by atoms with van der Waals surface area (Å²) in [5.41, 5.74) is 6.48. The Morgan fingerprint density at radius 1 is 1.33 bits per heavy atom. The molecule has 2 unspecified atom stereocenters. The number of hydrogen-bond acceptors (Lipinski definition) is 2. The third-order valence-electron chi connectivity index (χ3n) is 1.73. The van der Waals surface area contributed by atoms with Crippen molar-refractivity contribution in [2.75, 3.05) is 0 Å². The zero-order valence-corrected chi connectivity index (χ0v) is 6.77. The lowest BCUT2D eigenvalue weighted by Gasteiger charge is -2.12. The second kappa shape index (κ2) is 3.89. The van der Waals surface area contributed by atoms with Crippen molar-refractivity contribution in [1.82, 2.24) is 0 Å². The Morgan fingerprint density at radius 3 is 2.33 bits per heavy atom. The molecular weight excluding hydrogens is 148 g/mol. The van der Waals surface area contributed by atoms with Gasteiger partial charge in [-0.15, -0.1) is 0 Å². The van der Waals surface area contributed by atoms with Crippen molar-refractivity contribution in [3.8, 4) is 6.07 Å². The summed E-state index contributed by atoms with van der Waals surface area (Å²) in [4.78, 5) is 0. The summed E-state index contributed by atoms with van der Waals surface area (Å²) < 4.78 is 0. The van der Waals surface area contributed by atoms with Crippen LogP contribution in [0.2, 0.25) is 0 Å². The Bertz CT molecular complexity index is 272. The summed E-state index contributed by atoms with van der Waals surface area (Å²) in [6.07, 6.45) is 0. The Hall–Kier alpha value is -1.33. The molecule has 0 heterocycles. The van der Waals surface area contributed by atoms with Gasteiger partial charge in [-0.05, 0) is 12.5 Å². The quantitative estimate of drug-likeness (QED) is 0.710. The molecule has 12 heavy (non-hydrogen) atoms. The van der Waals surface area contributed by atoms with Gasteiger partial charge in [0.05, 0.1) is 12.0 Å². The number of hydrogen-bond donors (Lipinski definition) is 1. The fourth-order valence-corrected chi connectivity index (χ4v) is 1.08. The third-order valence-corrected chi connectivity index (χ3v) is 1.73. The standard InChI is InChI=1S/C10H11N2/c1-8(12)10(7-11)9-5-3-2-4-6-9/h2-6,8,10H,1,12H2. The maximum atomic E-state index is 8.78. The zero-order chi connectivity index (χ0) is 8.97. The van der Waals surface area contributed by atoms with Crippen LogP contribution >= 0.6 is 0 Å². The van der Waals surface area contributed by atoms with Crippen LogP contribution in [0, 0.1) is 18.3 Å². The van der Waals surface area contributed by atoms with E-state index in [0.717, 1.165) is 5.56 Å². The number of rotatable bonds is 2. The van der Waals surface area contributed by atoms with E-state index < -0.39 is 0 Å². The van der Waals surface area contributed by atoms with Crippen molar-refractivity contribution < 1.29 is 0 Å². The highest BCUT2D eigenvalue weighted by atomic mass is 14.6. The average molecular weight is 159 g/mol. The van der Waals surface area contributed by atoms with E-state index in [0.29, 0.717) is 0 Å². The van der Waals surface area contributed by atoms with Crippen molar-refractivity contribution in [1.29, 1.82) is 5.26 Å². The van der Waals surface area contributed by atoms with Gasteiger partial charge in [0.2, 0.25) is 0 Å². The topological polar surface area (TPSA) is 49.8 Å². The van der Waals surface area contributed by atoms with Crippen LogP contribution in [-0.4, -0.2) is 6.04 Å². The second-order valence-electron chi connectivity index (χ2n) is 2.68. The first-order valence-electron chi connectivity index (χ1n) is 3.79. The lowest BCUT2D eigenvalue weighted by Crippen LogP contribution is -2.23. The largest absolute Gasteiger partial charge is 0.326 e. The van der Waals surface area contributed by atoms with E-state index in [-0.39, 0.29) is 12.0 Å². The summed E-state index contributed by atoms with van der Waals surface area (Å²) >= 11 is 0. The van der Waals surface area contributed by atoms with Gasteiger partial charge in [0, 0.05) is 6.04 Å². The van der Waals surface area contributed by atoms with E-state index in [9.17, 15) is 0 Å². The molecule has 1 radical (unpaired) electrons. The van der Waals surface area contributed by atoms with Gasteiger partial charge in [-0.1, -0.05) is 30.3 Å². The molecule has 0 aliphatic heterocycles. The van der Waals surface area contributed by atoms with Gasteiger partial charge < -0.3 is 5.73 Å². The van der Waals surface area contributed by atoms with Crippen LogP contribution in [0.3, 0.4) is 0 Å². The van der Waals surface area contributed by atoms with Gasteiger partial charge in [-0.2, -0.15) is 5.26 Å². The van der Waals surface area contributed by atoms with E-state index in [1.54, 1.807) is 0 Å². The van der Waals surface area contributed by atoms with Gasteiger partial charge in [0.15, 0.2) is 0 Å². The predicted octanol–water partition coefficient (Wildman–Crippen LogP) is 1.46. The second-order valence-corrected chi connectivity index (χ2v) is 2.68. The van der Waals surface area contributed by atoms with Crippen LogP contribution in [-0.2, 0) is 0 Å². The van der Waals surface area contributed by atoms with E-state index in [2.05, 4.69) is 13.0 Å².